The van der Waals surface area contributed by atoms with Gasteiger partial charge >= 0.3 is 0 Å². The van der Waals surface area contributed by atoms with Gasteiger partial charge in [0.2, 0.25) is 11.8 Å². The van der Waals surface area contributed by atoms with E-state index >= 15 is 0 Å². The number of benzene rings is 1. The summed E-state index contributed by atoms with van der Waals surface area (Å²) in [6.45, 7) is 4.18. The Morgan fingerprint density at radius 1 is 1.22 bits per heavy atom. The van der Waals surface area contributed by atoms with Crippen LogP contribution in [0.2, 0.25) is 0 Å². The third-order valence-electron chi connectivity index (χ3n) is 4.24. The number of likely N-dealkylation sites (tertiary alicyclic amines) is 1. The number of amides is 2. The van der Waals surface area contributed by atoms with Crippen LogP contribution in [0.25, 0.3) is 0 Å². The number of hydrogen-bond donors (Lipinski definition) is 1. The number of halogens is 1. The SMILES string of the molecule is CCNC(=NCCN1C(=O)CCCC1=O)N(C)Cc1ccc(OC)cc1.I. The number of nitrogens with zero attached hydrogens (tertiary/aromatic N) is 3. The van der Waals surface area contributed by atoms with Crippen LogP contribution in [0.3, 0.4) is 0 Å². The van der Waals surface area contributed by atoms with Crippen LogP contribution in [0.15, 0.2) is 29.3 Å². The van der Waals surface area contributed by atoms with E-state index in [1.807, 2.05) is 43.1 Å². The molecule has 0 bridgehead atoms. The lowest BCUT2D eigenvalue weighted by Crippen LogP contribution is -2.42. The molecule has 7 nitrogen and oxygen atoms in total. The molecule has 2 rings (SSSR count). The van der Waals surface area contributed by atoms with Crippen LogP contribution in [-0.2, 0) is 16.1 Å². The molecule has 2 amide bonds. The quantitative estimate of drug-likeness (QED) is 0.276. The molecule has 1 fully saturated rings. The molecule has 0 saturated carbocycles. The van der Waals surface area contributed by atoms with Crippen molar-refractivity contribution in [1.29, 1.82) is 0 Å². The second-order valence-electron chi connectivity index (χ2n) is 6.23. The molecule has 1 N–H and O–H groups in total. The molecule has 1 saturated heterocycles. The Hall–Kier alpha value is -1.84. The second-order valence-corrected chi connectivity index (χ2v) is 6.23. The van der Waals surface area contributed by atoms with Crippen molar-refractivity contribution in [1.82, 2.24) is 15.1 Å². The largest absolute Gasteiger partial charge is 0.497 e. The van der Waals surface area contributed by atoms with E-state index in [-0.39, 0.29) is 35.8 Å². The van der Waals surface area contributed by atoms with Gasteiger partial charge in [-0.2, -0.15) is 0 Å². The fourth-order valence-corrected chi connectivity index (χ4v) is 2.85. The Kier molecular flexibility index (Phi) is 10.1. The van der Waals surface area contributed by atoms with E-state index in [4.69, 9.17) is 4.74 Å². The minimum Gasteiger partial charge on any atom is -0.497 e. The number of nitrogens with one attached hydrogen (secondary N) is 1. The first kappa shape index (κ1) is 23.2. The van der Waals surface area contributed by atoms with Gasteiger partial charge in [-0.3, -0.25) is 19.5 Å². The zero-order valence-corrected chi connectivity index (χ0v) is 18.6. The molecule has 0 aromatic heterocycles. The predicted molar refractivity (Wildman–Crippen MR) is 116 cm³/mol. The van der Waals surface area contributed by atoms with Crippen LogP contribution >= 0.6 is 24.0 Å². The summed E-state index contributed by atoms with van der Waals surface area (Å²) in [5.74, 6) is 1.40. The molecule has 1 heterocycles. The zero-order valence-electron chi connectivity index (χ0n) is 16.2. The van der Waals surface area contributed by atoms with Gasteiger partial charge in [-0.1, -0.05) is 12.1 Å². The molecular weight excluding hydrogens is 459 g/mol. The van der Waals surface area contributed by atoms with Gasteiger partial charge in [0.1, 0.15) is 5.75 Å². The first-order valence-corrected chi connectivity index (χ1v) is 9.00. The molecule has 0 atom stereocenters. The van der Waals surface area contributed by atoms with Crippen LogP contribution < -0.4 is 10.1 Å². The summed E-state index contributed by atoms with van der Waals surface area (Å²) in [4.78, 5) is 31.6. The van der Waals surface area contributed by atoms with E-state index in [0.717, 1.165) is 23.8 Å². The Balaban J connectivity index is 0.00000364. The van der Waals surface area contributed by atoms with Crippen molar-refractivity contribution in [3.05, 3.63) is 29.8 Å². The first-order chi connectivity index (χ1) is 12.5. The van der Waals surface area contributed by atoms with Crippen molar-refractivity contribution in [2.24, 2.45) is 4.99 Å². The maximum absolute atomic E-state index is 11.9. The van der Waals surface area contributed by atoms with Crippen molar-refractivity contribution < 1.29 is 14.3 Å². The summed E-state index contributed by atoms with van der Waals surface area (Å²) in [6.07, 6.45) is 1.56. The van der Waals surface area contributed by atoms with E-state index in [0.29, 0.717) is 38.9 Å². The minimum absolute atomic E-state index is 0. The highest BCUT2D eigenvalue weighted by atomic mass is 127. The number of imide groups is 1. The Morgan fingerprint density at radius 2 is 1.85 bits per heavy atom. The number of piperidine rings is 1. The molecule has 27 heavy (non-hydrogen) atoms. The molecular formula is C19H29IN4O3. The molecule has 0 spiro atoms. The highest BCUT2D eigenvalue weighted by Crippen LogP contribution is 2.13. The van der Waals surface area contributed by atoms with Gasteiger partial charge < -0.3 is 15.0 Å². The standard InChI is InChI=1S/C19H28N4O3.HI/c1-4-20-19(21-12-13-23-17(24)6-5-7-18(23)25)22(2)14-15-8-10-16(26-3)11-9-15;/h8-11H,4-7,12-14H2,1-3H3,(H,20,21);1H. The molecule has 1 aliphatic rings. The Labute approximate surface area is 178 Å². The summed E-state index contributed by atoms with van der Waals surface area (Å²) in [5, 5.41) is 3.25. The van der Waals surface area contributed by atoms with Crippen LogP contribution in [0.5, 0.6) is 5.75 Å². The number of methoxy groups -OCH3 is 1. The lowest BCUT2D eigenvalue weighted by Gasteiger charge is -2.25. The number of ether oxygens (including phenoxy) is 1. The van der Waals surface area contributed by atoms with Gasteiger partial charge in [0.05, 0.1) is 13.7 Å². The van der Waals surface area contributed by atoms with Gasteiger partial charge in [-0.05, 0) is 31.0 Å². The average molecular weight is 488 g/mol. The van der Waals surface area contributed by atoms with Gasteiger partial charge in [-0.25, -0.2) is 0 Å². The van der Waals surface area contributed by atoms with E-state index in [2.05, 4.69) is 10.3 Å². The molecule has 0 unspecified atom stereocenters. The smallest absolute Gasteiger partial charge is 0.229 e. The van der Waals surface area contributed by atoms with Crippen molar-refractivity contribution >= 4 is 41.8 Å². The number of rotatable bonds is 7. The predicted octanol–water partition coefficient (Wildman–Crippen LogP) is 2.25. The Morgan fingerprint density at radius 3 is 2.41 bits per heavy atom. The van der Waals surface area contributed by atoms with Gasteiger partial charge in [0.15, 0.2) is 5.96 Å². The van der Waals surface area contributed by atoms with Crippen molar-refractivity contribution in [3.63, 3.8) is 0 Å². The average Bonchev–Trinajstić information content (AvgIpc) is 2.64. The zero-order chi connectivity index (χ0) is 18.9. The topological polar surface area (TPSA) is 74.2 Å². The highest BCUT2D eigenvalue weighted by molar-refractivity contribution is 14.0. The third-order valence-corrected chi connectivity index (χ3v) is 4.24. The van der Waals surface area contributed by atoms with Crippen LogP contribution in [0.1, 0.15) is 31.7 Å². The van der Waals surface area contributed by atoms with E-state index in [1.54, 1.807) is 7.11 Å². The van der Waals surface area contributed by atoms with Crippen LogP contribution in [0.4, 0.5) is 0 Å². The maximum atomic E-state index is 11.9. The number of aliphatic imine (C=N–C) groups is 1. The fraction of sp³-hybridized carbons (Fsp3) is 0.526. The number of carbonyl (C=O) groups excluding carboxylic acids is 2. The minimum atomic E-state index is -0.0898. The van der Waals surface area contributed by atoms with Crippen LogP contribution in [-0.4, -0.2) is 61.4 Å². The fourth-order valence-electron chi connectivity index (χ4n) is 2.85. The molecule has 1 aromatic rings. The van der Waals surface area contributed by atoms with Crippen LogP contribution in [0, 0.1) is 0 Å². The number of carbonyl (C=O) groups is 2. The summed E-state index contributed by atoms with van der Waals surface area (Å²) in [5.41, 5.74) is 1.14. The summed E-state index contributed by atoms with van der Waals surface area (Å²) < 4.78 is 5.18. The Bertz CT molecular complexity index is 633. The summed E-state index contributed by atoms with van der Waals surface area (Å²) >= 11 is 0. The molecule has 1 aromatic carbocycles. The van der Waals surface area contributed by atoms with Crippen molar-refractivity contribution in [3.8, 4) is 5.75 Å². The molecule has 0 radical (unpaired) electrons. The molecule has 8 heteroatoms. The summed E-state index contributed by atoms with van der Waals surface area (Å²) in [7, 11) is 3.61. The van der Waals surface area contributed by atoms with Gasteiger partial charge in [0, 0.05) is 39.5 Å². The maximum Gasteiger partial charge on any atom is 0.229 e. The highest BCUT2D eigenvalue weighted by Gasteiger charge is 2.25. The molecule has 0 aliphatic carbocycles. The van der Waals surface area contributed by atoms with Crippen molar-refractivity contribution in [2.75, 3.05) is 33.8 Å². The second kappa shape index (κ2) is 11.8. The van der Waals surface area contributed by atoms with Crippen molar-refractivity contribution in [2.45, 2.75) is 32.7 Å². The molecule has 150 valence electrons. The summed E-state index contributed by atoms with van der Waals surface area (Å²) in [6, 6.07) is 7.90. The number of hydrogen-bond acceptors (Lipinski definition) is 4. The third kappa shape index (κ3) is 7.00. The lowest BCUT2D eigenvalue weighted by molar-refractivity contribution is -0.147. The monoisotopic (exact) mass is 488 g/mol. The van der Waals surface area contributed by atoms with E-state index in [9.17, 15) is 9.59 Å². The van der Waals surface area contributed by atoms with Gasteiger partial charge in [-0.15, -0.1) is 24.0 Å². The molecule has 1 aliphatic heterocycles. The first-order valence-electron chi connectivity index (χ1n) is 9.00. The van der Waals surface area contributed by atoms with Gasteiger partial charge in [0.25, 0.3) is 0 Å². The normalized spacial score (nSPS) is 14.6. The van der Waals surface area contributed by atoms with E-state index in [1.165, 1.54) is 4.90 Å². The lowest BCUT2D eigenvalue weighted by atomic mass is 10.1. The number of guanidine groups is 1. The van der Waals surface area contributed by atoms with E-state index < -0.39 is 0 Å².